The fourth-order valence-corrected chi connectivity index (χ4v) is 7.71. The van der Waals surface area contributed by atoms with Crippen molar-refractivity contribution in [3.8, 4) is 0 Å². The van der Waals surface area contributed by atoms with E-state index in [0.29, 0.717) is 5.56 Å². The number of alkyl halides is 2. The van der Waals surface area contributed by atoms with E-state index in [1.807, 2.05) is 55.5 Å². The third-order valence-electron chi connectivity index (χ3n) is 5.13. The molecule has 0 bridgehead atoms. The van der Waals surface area contributed by atoms with E-state index in [9.17, 15) is 13.2 Å². The lowest BCUT2D eigenvalue weighted by atomic mass is 9.97. The Morgan fingerprint density at radius 1 is 0.871 bits per heavy atom. The minimum Gasteiger partial charge on any atom is -0.270 e. The van der Waals surface area contributed by atoms with Gasteiger partial charge < -0.3 is 0 Å². The van der Waals surface area contributed by atoms with Crippen LogP contribution in [0.25, 0.3) is 0 Å². The van der Waals surface area contributed by atoms with Crippen LogP contribution in [0.3, 0.4) is 0 Å². The van der Waals surface area contributed by atoms with Gasteiger partial charge >= 0.3 is 0 Å². The van der Waals surface area contributed by atoms with Gasteiger partial charge in [0.2, 0.25) is 4.33 Å². The predicted octanol–water partition coefficient (Wildman–Crippen LogP) is 5.60. The second kappa shape index (κ2) is 8.51. The first-order valence-electron chi connectivity index (χ1n) is 9.53. The van der Waals surface area contributed by atoms with E-state index in [1.165, 1.54) is 23.9 Å². The molecule has 0 radical (unpaired) electrons. The molecule has 8 heteroatoms. The molecule has 0 N–H and O–H groups in total. The standard InChI is InChI=1S/C23H19Cl2NO3S2/c1-16-12-14-19(15-13-16)31(28,29)26-21(30-18-10-6-3-7-11-18)20(23(24,25)22(26)27)17-8-4-2-5-9-17/h2-15,20-21H,1H3/t20-,21+/m0/s1. The molecule has 4 rings (SSSR count). The second-order valence-electron chi connectivity index (χ2n) is 7.25. The van der Waals surface area contributed by atoms with E-state index >= 15 is 0 Å². The molecule has 3 aromatic carbocycles. The number of aryl methyl sites for hydroxylation is 1. The molecule has 0 aliphatic carbocycles. The lowest BCUT2D eigenvalue weighted by Crippen LogP contribution is -2.39. The molecule has 4 nitrogen and oxygen atoms in total. The summed E-state index contributed by atoms with van der Waals surface area (Å²) in [6.45, 7) is 1.86. The highest BCUT2D eigenvalue weighted by atomic mass is 35.5. The molecule has 1 aliphatic heterocycles. The van der Waals surface area contributed by atoms with Crippen molar-refractivity contribution in [1.82, 2.24) is 4.31 Å². The van der Waals surface area contributed by atoms with Gasteiger partial charge in [0, 0.05) is 4.90 Å². The average molecular weight is 492 g/mol. The molecule has 160 valence electrons. The monoisotopic (exact) mass is 491 g/mol. The van der Waals surface area contributed by atoms with Gasteiger partial charge in [-0.05, 0) is 36.8 Å². The molecule has 1 saturated heterocycles. The predicted molar refractivity (Wildman–Crippen MR) is 125 cm³/mol. The molecule has 1 fully saturated rings. The van der Waals surface area contributed by atoms with Crippen LogP contribution in [-0.4, -0.2) is 28.3 Å². The fourth-order valence-electron chi connectivity index (χ4n) is 3.57. The van der Waals surface area contributed by atoms with Crippen LogP contribution in [0.4, 0.5) is 0 Å². The molecule has 0 spiro atoms. The SMILES string of the molecule is Cc1ccc(S(=O)(=O)N2C(=O)C(Cl)(Cl)[C@@H](c3ccccc3)[C@H]2Sc2ccccc2)cc1. The summed E-state index contributed by atoms with van der Waals surface area (Å²) >= 11 is 14.4. The minimum absolute atomic E-state index is 0.0166. The van der Waals surface area contributed by atoms with Crippen LogP contribution in [0.2, 0.25) is 0 Å². The molecule has 1 heterocycles. The zero-order valence-corrected chi connectivity index (χ0v) is 19.6. The van der Waals surface area contributed by atoms with Gasteiger partial charge in [0.05, 0.1) is 10.8 Å². The van der Waals surface area contributed by atoms with Crippen LogP contribution >= 0.6 is 35.0 Å². The normalized spacial score (nSPS) is 20.7. The summed E-state index contributed by atoms with van der Waals surface area (Å²) in [5.74, 6) is -1.62. The highest BCUT2D eigenvalue weighted by Gasteiger charge is 2.62. The first-order chi connectivity index (χ1) is 14.7. The third kappa shape index (κ3) is 4.10. The summed E-state index contributed by atoms with van der Waals surface area (Å²) in [4.78, 5) is 14.2. The van der Waals surface area contributed by atoms with Crippen molar-refractivity contribution < 1.29 is 13.2 Å². The van der Waals surface area contributed by atoms with Gasteiger partial charge in [0.15, 0.2) is 0 Å². The number of nitrogens with zero attached hydrogens (tertiary/aromatic N) is 1. The number of benzene rings is 3. The first kappa shape index (κ1) is 22.2. The molecule has 3 aromatic rings. The lowest BCUT2D eigenvalue weighted by molar-refractivity contribution is -0.124. The van der Waals surface area contributed by atoms with Crippen LogP contribution in [0.1, 0.15) is 17.0 Å². The lowest BCUT2D eigenvalue weighted by Gasteiger charge is -2.27. The van der Waals surface area contributed by atoms with Gasteiger partial charge in [0.25, 0.3) is 15.9 Å². The third-order valence-corrected chi connectivity index (χ3v) is 9.10. The van der Waals surface area contributed by atoms with Gasteiger partial charge in [-0.25, -0.2) is 12.7 Å². The highest BCUT2D eigenvalue weighted by molar-refractivity contribution is 8.01. The largest absolute Gasteiger partial charge is 0.274 e. The number of carbonyl (C=O) groups excluding carboxylic acids is 1. The molecule has 1 amide bonds. The van der Waals surface area contributed by atoms with Crippen molar-refractivity contribution in [3.05, 3.63) is 96.1 Å². The zero-order chi connectivity index (χ0) is 22.2. The Kier molecular flexibility index (Phi) is 6.10. The first-order valence-corrected chi connectivity index (χ1v) is 12.6. The summed E-state index contributed by atoms with van der Waals surface area (Å²) in [6, 6.07) is 24.7. The number of sulfonamides is 1. The number of hydrogen-bond acceptors (Lipinski definition) is 4. The molecule has 0 saturated carbocycles. The number of halogens is 2. The van der Waals surface area contributed by atoms with Gasteiger partial charge in [-0.15, -0.1) is 0 Å². The van der Waals surface area contributed by atoms with Crippen LogP contribution in [0.15, 0.2) is 94.7 Å². The Balaban J connectivity index is 1.87. The number of amides is 1. The van der Waals surface area contributed by atoms with Gasteiger partial charge in [0.1, 0.15) is 5.37 Å². The topological polar surface area (TPSA) is 54.5 Å². The van der Waals surface area contributed by atoms with Gasteiger partial charge in [-0.3, -0.25) is 4.79 Å². The molecule has 0 unspecified atom stereocenters. The van der Waals surface area contributed by atoms with Crippen LogP contribution in [0, 0.1) is 6.92 Å². The van der Waals surface area contributed by atoms with Crippen molar-refractivity contribution in [3.63, 3.8) is 0 Å². The van der Waals surface area contributed by atoms with Crippen molar-refractivity contribution in [2.24, 2.45) is 0 Å². The van der Waals surface area contributed by atoms with E-state index in [-0.39, 0.29) is 4.90 Å². The smallest absolute Gasteiger partial charge is 0.270 e. The molecular formula is C23H19Cl2NO3S2. The Morgan fingerprint density at radius 2 is 1.42 bits per heavy atom. The maximum atomic E-state index is 13.6. The summed E-state index contributed by atoms with van der Waals surface area (Å²) in [5.41, 5.74) is 1.60. The number of hydrogen-bond donors (Lipinski definition) is 0. The summed E-state index contributed by atoms with van der Waals surface area (Å²) in [5, 5.41) is -0.862. The van der Waals surface area contributed by atoms with Crippen LogP contribution in [0.5, 0.6) is 0 Å². The van der Waals surface area contributed by atoms with Crippen molar-refractivity contribution >= 4 is 50.9 Å². The van der Waals surface area contributed by atoms with E-state index in [1.54, 1.807) is 24.3 Å². The maximum Gasteiger partial charge on any atom is 0.274 e. The van der Waals surface area contributed by atoms with Crippen LogP contribution in [-0.2, 0) is 14.8 Å². The Bertz CT molecular complexity index is 1180. The minimum atomic E-state index is -4.19. The Hall–Kier alpha value is -1.99. The Labute approximate surface area is 196 Å². The molecule has 2 atom stereocenters. The second-order valence-corrected chi connectivity index (χ2v) is 11.6. The average Bonchev–Trinajstić information content (AvgIpc) is 2.95. The van der Waals surface area contributed by atoms with E-state index < -0.39 is 31.6 Å². The molecule has 0 aromatic heterocycles. The number of carbonyl (C=O) groups is 1. The number of rotatable bonds is 5. The van der Waals surface area contributed by atoms with E-state index in [0.717, 1.165) is 14.8 Å². The van der Waals surface area contributed by atoms with E-state index in [2.05, 4.69) is 0 Å². The summed E-state index contributed by atoms with van der Waals surface area (Å²) in [6.07, 6.45) is 0. The van der Waals surface area contributed by atoms with E-state index in [4.69, 9.17) is 23.2 Å². The van der Waals surface area contributed by atoms with Crippen molar-refractivity contribution in [1.29, 1.82) is 0 Å². The molecule has 1 aliphatic rings. The molecular weight excluding hydrogens is 473 g/mol. The van der Waals surface area contributed by atoms with Gasteiger partial charge in [-0.2, -0.15) is 0 Å². The Morgan fingerprint density at radius 3 is 2.00 bits per heavy atom. The highest BCUT2D eigenvalue weighted by Crippen LogP contribution is 2.55. The van der Waals surface area contributed by atoms with Crippen molar-refractivity contribution in [2.45, 2.75) is 32.3 Å². The zero-order valence-electron chi connectivity index (χ0n) is 16.5. The summed E-state index contributed by atoms with van der Waals surface area (Å²) in [7, 11) is -4.19. The quantitative estimate of drug-likeness (QED) is 0.435. The molecule has 31 heavy (non-hydrogen) atoms. The number of thioether (sulfide) groups is 1. The van der Waals surface area contributed by atoms with Crippen molar-refractivity contribution in [2.75, 3.05) is 0 Å². The maximum absolute atomic E-state index is 13.6. The summed E-state index contributed by atoms with van der Waals surface area (Å²) < 4.78 is 26.1. The fraction of sp³-hybridized carbons (Fsp3) is 0.174. The van der Waals surface area contributed by atoms with Crippen LogP contribution < -0.4 is 0 Å². The van der Waals surface area contributed by atoms with Gasteiger partial charge in [-0.1, -0.05) is 101 Å².